The van der Waals surface area contributed by atoms with Gasteiger partial charge < -0.3 is 5.73 Å². The number of nitrogens with zero attached hydrogens (tertiary/aromatic N) is 1. The molecule has 1 unspecified atom stereocenters. The van der Waals surface area contributed by atoms with Crippen molar-refractivity contribution in [2.24, 2.45) is 11.7 Å². The number of hydrogen-bond acceptors (Lipinski definition) is 2. The van der Waals surface area contributed by atoms with Gasteiger partial charge in [0.2, 0.25) is 0 Å². The predicted molar refractivity (Wildman–Crippen MR) is 72.9 cm³/mol. The van der Waals surface area contributed by atoms with Crippen molar-refractivity contribution >= 4 is 10.9 Å². The number of hydrogen-bond donors (Lipinski definition) is 1. The highest BCUT2D eigenvalue weighted by atomic mass is 14.7. The number of benzene rings is 1. The number of aromatic nitrogens is 1. The van der Waals surface area contributed by atoms with E-state index in [0.29, 0.717) is 5.92 Å². The van der Waals surface area contributed by atoms with Gasteiger partial charge in [0.25, 0.3) is 0 Å². The maximum Gasteiger partial charge on any atom is 0.0705 e. The number of nitrogens with two attached hydrogens (primary N) is 1. The van der Waals surface area contributed by atoms with E-state index in [2.05, 4.69) is 37.0 Å². The van der Waals surface area contributed by atoms with Crippen molar-refractivity contribution in [1.82, 2.24) is 4.98 Å². The van der Waals surface area contributed by atoms with Crippen LogP contribution in [0.25, 0.3) is 10.9 Å². The Morgan fingerprint density at radius 1 is 1.12 bits per heavy atom. The quantitative estimate of drug-likeness (QED) is 0.873. The van der Waals surface area contributed by atoms with Crippen molar-refractivity contribution in [2.75, 3.05) is 0 Å². The number of fused-ring (bicyclic) bond motifs is 1. The first kappa shape index (κ1) is 12.1. The van der Waals surface area contributed by atoms with E-state index in [1.54, 1.807) is 0 Å². The molecule has 0 saturated heterocycles. The maximum atomic E-state index is 6.11. The van der Waals surface area contributed by atoms with Gasteiger partial charge in [0.1, 0.15) is 0 Å². The van der Waals surface area contributed by atoms with Gasteiger partial charge in [0.15, 0.2) is 0 Å². The van der Waals surface area contributed by atoms with Gasteiger partial charge in [-0.3, -0.25) is 4.98 Å². The largest absolute Gasteiger partial charge is 0.327 e. The van der Waals surface area contributed by atoms with Gasteiger partial charge in [-0.25, -0.2) is 0 Å². The first-order chi connectivity index (χ1) is 8.15. The van der Waals surface area contributed by atoms with E-state index in [9.17, 15) is 0 Å². The lowest BCUT2D eigenvalue weighted by atomic mass is 10.00. The highest BCUT2D eigenvalue weighted by molar-refractivity contribution is 5.78. The van der Waals surface area contributed by atoms with Gasteiger partial charge in [0.05, 0.1) is 5.52 Å². The minimum atomic E-state index is 0.212. The van der Waals surface area contributed by atoms with Crippen LogP contribution in [0, 0.1) is 5.92 Å². The van der Waals surface area contributed by atoms with Crippen molar-refractivity contribution in [3.05, 3.63) is 42.1 Å². The minimum Gasteiger partial charge on any atom is -0.327 e. The van der Waals surface area contributed by atoms with Crippen LogP contribution in [0.5, 0.6) is 0 Å². The molecule has 0 fully saturated rings. The molecule has 0 radical (unpaired) electrons. The topological polar surface area (TPSA) is 38.9 Å². The van der Waals surface area contributed by atoms with Gasteiger partial charge in [-0.2, -0.15) is 0 Å². The second-order valence-corrected chi connectivity index (χ2v) is 5.09. The van der Waals surface area contributed by atoms with Crippen LogP contribution in [0.4, 0.5) is 0 Å². The lowest BCUT2D eigenvalue weighted by Gasteiger charge is -2.13. The van der Waals surface area contributed by atoms with E-state index in [1.165, 1.54) is 5.39 Å². The molecular weight excluding hydrogens is 208 g/mol. The van der Waals surface area contributed by atoms with E-state index in [1.807, 2.05) is 18.2 Å². The Morgan fingerprint density at radius 3 is 2.65 bits per heavy atom. The molecule has 0 aliphatic rings. The van der Waals surface area contributed by atoms with Gasteiger partial charge in [-0.15, -0.1) is 0 Å². The fourth-order valence-corrected chi connectivity index (χ4v) is 2.18. The van der Waals surface area contributed by atoms with Crippen molar-refractivity contribution in [3.8, 4) is 0 Å². The summed E-state index contributed by atoms with van der Waals surface area (Å²) in [6, 6.07) is 12.6. The maximum absolute atomic E-state index is 6.11. The summed E-state index contributed by atoms with van der Waals surface area (Å²) in [6.07, 6.45) is 1.91. The van der Waals surface area contributed by atoms with Crippen LogP contribution in [0.15, 0.2) is 36.4 Å². The van der Waals surface area contributed by atoms with Crippen molar-refractivity contribution in [2.45, 2.75) is 32.7 Å². The molecule has 1 heterocycles. The average molecular weight is 228 g/mol. The number of pyridine rings is 1. The molecule has 0 spiro atoms. The molecular formula is C15H20N2. The summed E-state index contributed by atoms with van der Waals surface area (Å²) in [5.41, 5.74) is 8.26. The van der Waals surface area contributed by atoms with E-state index >= 15 is 0 Å². The monoisotopic (exact) mass is 228 g/mol. The lowest BCUT2D eigenvalue weighted by Crippen LogP contribution is -2.25. The Labute approximate surface area is 103 Å². The molecule has 0 saturated carbocycles. The highest BCUT2D eigenvalue weighted by Crippen LogP contribution is 2.14. The van der Waals surface area contributed by atoms with Crippen molar-refractivity contribution in [1.29, 1.82) is 0 Å². The molecule has 90 valence electrons. The van der Waals surface area contributed by atoms with Crippen LogP contribution >= 0.6 is 0 Å². The fourth-order valence-electron chi connectivity index (χ4n) is 2.18. The summed E-state index contributed by atoms with van der Waals surface area (Å²) in [5, 5.41) is 1.19. The molecule has 2 aromatic rings. The second kappa shape index (κ2) is 5.28. The van der Waals surface area contributed by atoms with E-state index in [4.69, 9.17) is 5.73 Å². The zero-order valence-electron chi connectivity index (χ0n) is 10.6. The van der Waals surface area contributed by atoms with Gasteiger partial charge in [-0.1, -0.05) is 38.1 Å². The van der Waals surface area contributed by atoms with Gasteiger partial charge in [0, 0.05) is 23.5 Å². The summed E-state index contributed by atoms with van der Waals surface area (Å²) in [5.74, 6) is 0.644. The summed E-state index contributed by atoms with van der Waals surface area (Å²) >= 11 is 0. The Hall–Kier alpha value is -1.41. The van der Waals surface area contributed by atoms with Gasteiger partial charge in [-0.05, 0) is 24.5 Å². The third-order valence-electron chi connectivity index (χ3n) is 2.90. The third-order valence-corrected chi connectivity index (χ3v) is 2.90. The van der Waals surface area contributed by atoms with E-state index in [-0.39, 0.29) is 6.04 Å². The SMILES string of the molecule is CC(C)CC(N)Cc1ccc2ccccc2n1. The Kier molecular flexibility index (Phi) is 3.75. The van der Waals surface area contributed by atoms with Crippen molar-refractivity contribution in [3.63, 3.8) is 0 Å². The summed E-state index contributed by atoms with van der Waals surface area (Å²) < 4.78 is 0. The Balaban J connectivity index is 2.14. The van der Waals surface area contributed by atoms with Gasteiger partial charge >= 0.3 is 0 Å². The average Bonchev–Trinajstić information content (AvgIpc) is 2.27. The molecule has 17 heavy (non-hydrogen) atoms. The molecule has 0 amide bonds. The smallest absolute Gasteiger partial charge is 0.0705 e. The second-order valence-electron chi connectivity index (χ2n) is 5.09. The third kappa shape index (κ3) is 3.27. The standard InChI is InChI=1S/C15H20N2/c1-11(2)9-13(16)10-14-8-7-12-5-3-4-6-15(12)17-14/h3-8,11,13H,9-10,16H2,1-2H3. The van der Waals surface area contributed by atoms with Crippen LogP contribution < -0.4 is 5.73 Å². The lowest BCUT2D eigenvalue weighted by molar-refractivity contribution is 0.491. The van der Waals surface area contributed by atoms with Crippen LogP contribution in [0.3, 0.4) is 0 Å². The molecule has 0 aliphatic heterocycles. The van der Waals surface area contributed by atoms with Crippen LogP contribution in [0.2, 0.25) is 0 Å². The van der Waals surface area contributed by atoms with Crippen LogP contribution in [0.1, 0.15) is 26.0 Å². The molecule has 0 bridgehead atoms. The first-order valence-electron chi connectivity index (χ1n) is 6.25. The van der Waals surface area contributed by atoms with Crippen molar-refractivity contribution < 1.29 is 0 Å². The minimum absolute atomic E-state index is 0.212. The molecule has 2 nitrogen and oxygen atoms in total. The normalized spacial score (nSPS) is 13.2. The first-order valence-corrected chi connectivity index (χ1v) is 6.25. The Bertz CT molecular complexity index is 491. The zero-order valence-corrected chi connectivity index (χ0v) is 10.6. The molecule has 2 rings (SSSR count). The highest BCUT2D eigenvalue weighted by Gasteiger charge is 2.07. The van der Waals surface area contributed by atoms with E-state index < -0.39 is 0 Å². The molecule has 2 heteroatoms. The van der Waals surface area contributed by atoms with Crippen LogP contribution in [-0.4, -0.2) is 11.0 Å². The number of para-hydroxylation sites is 1. The fraction of sp³-hybridized carbons (Fsp3) is 0.400. The molecule has 1 aromatic heterocycles. The summed E-state index contributed by atoms with van der Waals surface area (Å²) in [4.78, 5) is 4.64. The molecule has 0 aliphatic carbocycles. The molecule has 2 N–H and O–H groups in total. The zero-order chi connectivity index (χ0) is 12.3. The van der Waals surface area contributed by atoms with E-state index in [0.717, 1.165) is 24.1 Å². The summed E-state index contributed by atoms with van der Waals surface area (Å²) in [6.45, 7) is 4.40. The predicted octanol–water partition coefficient (Wildman–Crippen LogP) is 3.15. The molecule has 1 aromatic carbocycles. The molecule has 1 atom stereocenters. The van der Waals surface area contributed by atoms with Crippen LogP contribution in [-0.2, 0) is 6.42 Å². The Morgan fingerprint density at radius 2 is 1.88 bits per heavy atom. The summed E-state index contributed by atoms with van der Waals surface area (Å²) in [7, 11) is 0. The number of rotatable bonds is 4.